The molecule has 0 fully saturated rings. The van der Waals surface area contributed by atoms with Crippen molar-refractivity contribution in [3.63, 3.8) is 0 Å². The van der Waals surface area contributed by atoms with Crippen molar-refractivity contribution in [3.05, 3.63) is 18.0 Å². The van der Waals surface area contributed by atoms with Crippen LogP contribution in [0, 0.1) is 0 Å². The smallest absolute Gasteiger partial charge is 0.0768 e. The second-order valence-corrected chi connectivity index (χ2v) is 3.88. The number of hydrogen-bond acceptors (Lipinski definition) is 3. The molecule has 0 saturated carbocycles. The van der Waals surface area contributed by atoms with Gasteiger partial charge in [-0.3, -0.25) is 4.68 Å². The maximum absolute atomic E-state index is 5.77. The Morgan fingerprint density at radius 2 is 2.19 bits per heavy atom. The summed E-state index contributed by atoms with van der Waals surface area (Å²) in [4.78, 5) is 0. The molecule has 0 aromatic carbocycles. The molecule has 0 aliphatic rings. The van der Waals surface area contributed by atoms with Gasteiger partial charge in [-0.1, -0.05) is 13.8 Å². The predicted octanol–water partition coefficient (Wildman–Crippen LogP) is 1.89. The quantitative estimate of drug-likeness (QED) is 0.770. The van der Waals surface area contributed by atoms with Gasteiger partial charge in [0.1, 0.15) is 0 Å². The second kappa shape index (κ2) is 6.66. The molecule has 2 unspecified atom stereocenters. The van der Waals surface area contributed by atoms with Gasteiger partial charge in [0, 0.05) is 25.4 Å². The summed E-state index contributed by atoms with van der Waals surface area (Å²) in [5.41, 5.74) is 1.20. The van der Waals surface area contributed by atoms with E-state index in [9.17, 15) is 0 Å². The predicted molar refractivity (Wildman–Crippen MR) is 65.3 cm³/mol. The van der Waals surface area contributed by atoms with Crippen molar-refractivity contribution in [2.75, 3.05) is 13.2 Å². The highest BCUT2D eigenvalue weighted by molar-refractivity contribution is 5.12. The molecule has 0 spiro atoms. The van der Waals surface area contributed by atoms with E-state index < -0.39 is 0 Å². The van der Waals surface area contributed by atoms with Gasteiger partial charge >= 0.3 is 0 Å². The van der Waals surface area contributed by atoms with Gasteiger partial charge in [-0.25, -0.2) is 0 Å². The molecule has 2 atom stereocenters. The Morgan fingerprint density at radius 3 is 2.62 bits per heavy atom. The summed E-state index contributed by atoms with van der Waals surface area (Å²) in [6, 6.07) is 0.239. The fourth-order valence-electron chi connectivity index (χ4n) is 1.95. The fraction of sp³-hybridized carbons (Fsp3) is 0.750. The number of ether oxygens (including phenoxy) is 1. The molecule has 0 radical (unpaired) electrons. The van der Waals surface area contributed by atoms with E-state index >= 15 is 0 Å². The average Bonchev–Trinajstić information content (AvgIpc) is 2.70. The first-order valence-corrected chi connectivity index (χ1v) is 6.06. The zero-order valence-corrected chi connectivity index (χ0v) is 10.7. The van der Waals surface area contributed by atoms with Crippen molar-refractivity contribution in [2.45, 2.75) is 39.3 Å². The number of aryl methyl sites for hydroxylation is 1. The summed E-state index contributed by atoms with van der Waals surface area (Å²) in [6.45, 7) is 7.99. The van der Waals surface area contributed by atoms with Crippen LogP contribution in [-0.4, -0.2) is 29.0 Å². The molecule has 1 aromatic heterocycles. The van der Waals surface area contributed by atoms with Gasteiger partial charge in [-0.05, 0) is 19.9 Å². The van der Waals surface area contributed by atoms with Crippen molar-refractivity contribution < 1.29 is 4.74 Å². The molecule has 4 nitrogen and oxygen atoms in total. The van der Waals surface area contributed by atoms with Crippen LogP contribution in [0.3, 0.4) is 0 Å². The topological polar surface area (TPSA) is 39.1 Å². The monoisotopic (exact) mass is 225 g/mol. The highest BCUT2D eigenvalue weighted by atomic mass is 16.5. The largest absolute Gasteiger partial charge is 0.377 e. The number of rotatable bonds is 7. The van der Waals surface area contributed by atoms with E-state index in [0.29, 0.717) is 0 Å². The molecule has 0 saturated heterocycles. The van der Waals surface area contributed by atoms with Crippen molar-refractivity contribution in [1.82, 2.24) is 15.1 Å². The lowest BCUT2D eigenvalue weighted by Gasteiger charge is -2.26. The van der Waals surface area contributed by atoms with Crippen LogP contribution in [-0.2, 0) is 11.8 Å². The van der Waals surface area contributed by atoms with Crippen molar-refractivity contribution in [2.24, 2.45) is 7.05 Å². The normalized spacial score (nSPS) is 15.0. The van der Waals surface area contributed by atoms with Gasteiger partial charge < -0.3 is 10.1 Å². The third-order valence-corrected chi connectivity index (χ3v) is 2.66. The standard InChI is InChI=1S/C12H23N3O/c1-5-11(16-7-3)12(13-6-2)10-8-14-15(4)9-10/h8-9,11-13H,5-7H2,1-4H3. The molecule has 16 heavy (non-hydrogen) atoms. The van der Waals surface area contributed by atoms with Crippen LogP contribution in [0.15, 0.2) is 12.4 Å². The lowest BCUT2D eigenvalue weighted by Crippen LogP contribution is -2.33. The van der Waals surface area contributed by atoms with Crippen molar-refractivity contribution in [1.29, 1.82) is 0 Å². The van der Waals surface area contributed by atoms with Crippen LogP contribution in [0.1, 0.15) is 38.8 Å². The molecule has 1 aromatic rings. The molecular formula is C12H23N3O. The fourth-order valence-corrected chi connectivity index (χ4v) is 1.95. The molecule has 0 amide bonds. The van der Waals surface area contributed by atoms with Crippen LogP contribution in [0.4, 0.5) is 0 Å². The number of nitrogens with one attached hydrogen (secondary N) is 1. The van der Waals surface area contributed by atoms with Gasteiger partial charge in [0.25, 0.3) is 0 Å². The van der Waals surface area contributed by atoms with E-state index in [2.05, 4.69) is 30.5 Å². The molecule has 1 N–H and O–H groups in total. The molecule has 92 valence electrons. The lowest BCUT2D eigenvalue weighted by molar-refractivity contribution is 0.0318. The first-order chi connectivity index (χ1) is 7.72. The highest BCUT2D eigenvalue weighted by Gasteiger charge is 2.22. The highest BCUT2D eigenvalue weighted by Crippen LogP contribution is 2.21. The Morgan fingerprint density at radius 1 is 1.44 bits per heavy atom. The van der Waals surface area contributed by atoms with Crippen LogP contribution >= 0.6 is 0 Å². The molecular weight excluding hydrogens is 202 g/mol. The van der Waals surface area contributed by atoms with Gasteiger partial charge in [0.2, 0.25) is 0 Å². The Balaban J connectivity index is 2.79. The summed E-state index contributed by atoms with van der Waals surface area (Å²) in [5, 5.41) is 7.69. The molecule has 0 aliphatic heterocycles. The average molecular weight is 225 g/mol. The van der Waals surface area contributed by atoms with Crippen molar-refractivity contribution in [3.8, 4) is 0 Å². The van der Waals surface area contributed by atoms with Gasteiger partial charge in [0.15, 0.2) is 0 Å². The molecule has 1 rings (SSSR count). The third kappa shape index (κ3) is 3.32. The van der Waals surface area contributed by atoms with Crippen LogP contribution < -0.4 is 5.32 Å². The van der Waals surface area contributed by atoms with Gasteiger partial charge in [-0.2, -0.15) is 5.10 Å². The van der Waals surface area contributed by atoms with E-state index in [4.69, 9.17) is 4.74 Å². The minimum absolute atomic E-state index is 0.217. The van der Waals surface area contributed by atoms with E-state index in [1.165, 1.54) is 5.56 Å². The molecule has 4 heteroatoms. The minimum Gasteiger partial charge on any atom is -0.377 e. The van der Waals surface area contributed by atoms with Crippen LogP contribution in [0.2, 0.25) is 0 Å². The summed E-state index contributed by atoms with van der Waals surface area (Å²) in [5.74, 6) is 0. The number of nitrogens with zero attached hydrogens (tertiary/aromatic N) is 2. The SMILES string of the molecule is CCNC(c1cnn(C)c1)C(CC)OCC. The Bertz CT molecular complexity index is 298. The Labute approximate surface area is 98.0 Å². The molecule has 0 bridgehead atoms. The van der Waals surface area contributed by atoms with Crippen molar-refractivity contribution >= 4 is 0 Å². The summed E-state index contributed by atoms with van der Waals surface area (Å²) >= 11 is 0. The number of hydrogen-bond donors (Lipinski definition) is 1. The first kappa shape index (κ1) is 13.2. The maximum atomic E-state index is 5.77. The van der Waals surface area contributed by atoms with Crippen LogP contribution in [0.5, 0.6) is 0 Å². The Kier molecular flexibility index (Phi) is 5.49. The van der Waals surface area contributed by atoms with E-state index in [0.717, 1.165) is 19.6 Å². The van der Waals surface area contributed by atoms with Gasteiger partial charge in [-0.15, -0.1) is 0 Å². The molecule has 1 heterocycles. The number of aromatic nitrogens is 2. The zero-order valence-electron chi connectivity index (χ0n) is 10.7. The third-order valence-electron chi connectivity index (χ3n) is 2.66. The maximum Gasteiger partial charge on any atom is 0.0768 e. The van der Waals surface area contributed by atoms with E-state index in [1.54, 1.807) is 0 Å². The van der Waals surface area contributed by atoms with E-state index in [-0.39, 0.29) is 12.1 Å². The minimum atomic E-state index is 0.217. The zero-order chi connectivity index (χ0) is 12.0. The molecule has 0 aliphatic carbocycles. The lowest BCUT2D eigenvalue weighted by atomic mass is 10.0. The van der Waals surface area contributed by atoms with E-state index in [1.807, 2.05) is 24.9 Å². The number of likely N-dealkylation sites (N-methyl/N-ethyl adjacent to an activating group) is 1. The Hall–Kier alpha value is -0.870. The van der Waals surface area contributed by atoms with Gasteiger partial charge in [0.05, 0.1) is 18.3 Å². The summed E-state index contributed by atoms with van der Waals surface area (Å²) < 4.78 is 7.60. The second-order valence-electron chi connectivity index (χ2n) is 3.88. The summed E-state index contributed by atoms with van der Waals surface area (Å²) in [6.07, 6.45) is 5.18. The summed E-state index contributed by atoms with van der Waals surface area (Å²) in [7, 11) is 1.94. The van der Waals surface area contributed by atoms with Crippen LogP contribution in [0.25, 0.3) is 0 Å². The first-order valence-electron chi connectivity index (χ1n) is 6.06.